The molecule has 1 fully saturated rings. The summed E-state index contributed by atoms with van der Waals surface area (Å²) >= 11 is 5.60. The fourth-order valence-corrected chi connectivity index (χ4v) is 4.09. The Kier molecular flexibility index (Phi) is 4.87. The van der Waals surface area contributed by atoms with Gasteiger partial charge in [0.15, 0.2) is 0 Å². The summed E-state index contributed by atoms with van der Waals surface area (Å²) in [5, 5.41) is 0. The van der Waals surface area contributed by atoms with E-state index in [-0.39, 0.29) is 11.8 Å². The minimum atomic E-state index is -3.18. The molecule has 0 aromatic heterocycles. The Morgan fingerprint density at radius 2 is 1.89 bits per heavy atom. The molecule has 0 heterocycles. The number of alkyl halides is 1. The molecule has 0 N–H and O–H groups in total. The highest BCUT2D eigenvalue weighted by Gasteiger charge is 2.36. The SMILES string of the molecule is Cc1ccc(CN(C2CC2)S(=O)(=O)CCCCl)cc1. The molecule has 0 unspecified atom stereocenters. The molecule has 1 saturated carbocycles. The van der Waals surface area contributed by atoms with Crippen molar-refractivity contribution in [2.45, 2.75) is 38.8 Å². The van der Waals surface area contributed by atoms with Crippen LogP contribution in [0, 0.1) is 6.92 Å². The van der Waals surface area contributed by atoms with Crippen molar-refractivity contribution >= 4 is 21.6 Å². The Morgan fingerprint density at radius 1 is 1.26 bits per heavy atom. The zero-order valence-corrected chi connectivity index (χ0v) is 12.8. The van der Waals surface area contributed by atoms with Crippen LogP contribution in [0.25, 0.3) is 0 Å². The largest absolute Gasteiger partial charge is 0.214 e. The fourth-order valence-electron chi connectivity index (χ4n) is 2.04. The van der Waals surface area contributed by atoms with E-state index in [1.54, 1.807) is 4.31 Å². The number of halogens is 1. The molecule has 1 aromatic carbocycles. The van der Waals surface area contributed by atoms with E-state index in [0.29, 0.717) is 18.8 Å². The molecular weight excluding hydrogens is 282 g/mol. The quantitative estimate of drug-likeness (QED) is 0.726. The maximum atomic E-state index is 12.3. The van der Waals surface area contributed by atoms with Gasteiger partial charge in [0.05, 0.1) is 5.75 Å². The summed E-state index contributed by atoms with van der Waals surface area (Å²) in [5.41, 5.74) is 2.23. The van der Waals surface area contributed by atoms with Crippen LogP contribution in [0.5, 0.6) is 0 Å². The van der Waals surface area contributed by atoms with Gasteiger partial charge in [-0.15, -0.1) is 11.6 Å². The Labute approximate surface area is 120 Å². The lowest BCUT2D eigenvalue weighted by atomic mass is 10.1. The molecule has 1 aromatic rings. The van der Waals surface area contributed by atoms with Crippen molar-refractivity contribution in [2.75, 3.05) is 11.6 Å². The van der Waals surface area contributed by atoms with Gasteiger partial charge in [-0.1, -0.05) is 29.8 Å². The van der Waals surface area contributed by atoms with Crippen molar-refractivity contribution in [1.29, 1.82) is 0 Å². The second-order valence-electron chi connectivity index (χ2n) is 5.12. The van der Waals surface area contributed by atoms with E-state index in [1.165, 1.54) is 5.56 Å². The van der Waals surface area contributed by atoms with E-state index in [2.05, 4.69) is 0 Å². The van der Waals surface area contributed by atoms with Crippen LogP contribution in [0.3, 0.4) is 0 Å². The Morgan fingerprint density at radius 3 is 2.42 bits per heavy atom. The van der Waals surface area contributed by atoms with Crippen molar-refractivity contribution in [3.63, 3.8) is 0 Å². The summed E-state index contributed by atoms with van der Waals surface area (Å²) in [7, 11) is -3.18. The highest BCUT2D eigenvalue weighted by atomic mass is 35.5. The van der Waals surface area contributed by atoms with Gasteiger partial charge in [0.1, 0.15) is 0 Å². The number of nitrogens with zero attached hydrogens (tertiary/aromatic N) is 1. The summed E-state index contributed by atoms with van der Waals surface area (Å²) in [6.07, 6.45) is 2.47. The van der Waals surface area contributed by atoms with E-state index in [4.69, 9.17) is 11.6 Å². The van der Waals surface area contributed by atoms with Crippen LogP contribution in [0.4, 0.5) is 0 Å². The maximum Gasteiger partial charge on any atom is 0.214 e. The molecule has 0 radical (unpaired) electrons. The van der Waals surface area contributed by atoms with Crippen LogP contribution in [-0.4, -0.2) is 30.4 Å². The van der Waals surface area contributed by atoms with Gasteiger partial charge in [0.2, 0.25) is 10.0 Å². The highest BCUT2D eigenvalue weighted by molar-refractivity contribution is 7.89. The molecular formula is C14H20ClNO2S. The Balaban J connectivity index is 2.10. The van der Waals surface area contributed by atoms with E-state index in [9.17, 15) is 8.42 Å². The second-order valence-corrected chi connectivity index (χ2v) is 7.54. The lowest BCUT2D eigenvalue weighted by Crippen LogP contribution is -2.34. The van der Waals surface area contributed by atoms with Crippen LogP contribution >= 0.6 is 11.6 Å². The van der Waals surface area contributed by atoms with Crippen LogP contribution in [0.15, 0.2) is 24.3 Å². The first-order valence-corrected chi connectivity index (χ1v) is 8.78. The van der Waals surface area contributed by atoms with Gasteiger partial charge in [0.25, 0.3) is 0 Å². The van der Waals surface area contributed by atoms with Gasteiger partial charge in [-0.3, -0.25) is 0 Å². The molecule has 0 spiro atoms. The summed E-state index contributed by atoms with van der Waals surface area (Å²) < 4.78 is 26.3. The minimum absolute atomic E-state index is 0.152. The predicted octanol–water partition coefficient (Wildman–Crippen LogP) is 2.92. The lowest BCUT2D eigenvalue weighted by Gasteiger charge is -2.22. The normalized spacial score (nSPS) is 15.9. The zero-order valence-electron chi connectivity index (χ0n) is 11.2. The van der Waals surface area contributed by atoms with Crippen molar-refractivity contribution in [1.82, 2.24) is 4.31 Å². The van der Waals surface area contributed by atoms with Gasteiger partial charge in [-0.2, -0.15) is 4.31 Å². The number of benzene rings is 1. The van der Waals surface area contributed by atoms with Gasteiger partial charge in [-0.25, -0.2) is 8.42 Å². The van der Waals surface area contributed by atoms with Crippen LogP contribution in [0.1, 0.15) is 30.4 Å². The monoisotopic (exact) mass is 301 g/mol. The van der Waals surface area contributed by atoms with Gasteiger partial charge in [0, 0.05) is 18.5 Å². The van der Waals surface area contributed by atoms with Crippen molar-refractivity contribution < 1.29 is 8.42 Å². The molecule has 0 amide bonds. The van der Waals surface area contributed by atoms with Gasteiger partial charge in [-0.05, 0) is 31.7 Å². The molecule has 5 heteroatoms. The summed E-state index contributed by atoms with van der Waals surface area (Å²) in [5.74, 6) is 0.543. The molecule has 1 aliphatic rings. The van der Waals surface area contributed by atoms with Crippen molar-refractivity contribution in [2.24, 2.45) is 0 Å². The van der Waals surface area contributed by atoms with E-state index in [1.807, 2.05) is 31.2 Å². The number of rotatable bonds is 7. The third-order valence-electron chi connectivity index (χ3n) is 3.31. The average molecular weight is 302 g/mol. The number of sulfonamides is 1. The van der Waals surface area contributed by atoms with Crippen molar-refractivity contribution in [3.8, 4) is 0 Å². The van der Waals surface area contributed by atoms with E-state index in [0.717, 1.165) is 18.4 Å². The average Bonchev–Trinajstić information content (AvgIpc) is 3.20. The molecule has 19 heavy (non-hydrogen) atoms. The topological polar surface area (TPSA) is 37.4 Å². The maximum absolute atomic E-state index is 12.3. The molecule has 2 rings (SSSR count). The van der Waals surface area contributed by atoms with Crippen LogP contribution in [0.2, 0.25) is 0 Å². The molecule has 1 aliphatic carbocycles. The number of aryl methyl sites for hydroxylation is 1. The molecule has 0 atom stereocenters. The first-order chi connectivity index (χ1) is 9.03. The first kappa shape index (κ1) is 14.8. The van der Waals surface area contributed by atoms with E-state index >= 15 is 0 Å². The first-order valence-electron chi connectivity index (χ1n) is 6.64. The third kappa shape index (κ3) is 4.20. The molecule has 0 bridgehead atoms. The smallest absolute Gasteiger partial charge is 0.212 e. The summed E-state index contributed by atoms with van der Waals surface area (Å²) in [6.45, 7) is 2.51. The fraction of sp³-hybridized carbons (Fsp3) is 0.571. The van der Waals surface area contributed by atoms with E-state index < -0.39 is 10.0 Å². The highest BCUT2D eigenvalue weighted by Crippen LogP contribution is 2.31. The second kappa shape index (κ2) is 6.25. The third-order valence-corrected chi connectivity index (χ3v) is 5.52. The van der Waals surface area contributed by atoms with Crippen LogP contribution < -0.4 is 0 Å². The van der Waals surface area contributed by atoms with Gasteiger partial charge >= 0.3 is 0 Å². The number of hydrogen-bond donors (Lipinski definition) is 0. The summed E-state index contributed by atoms with van der Waals surface area (Å²) in [6, 6.07) is 8.24. The standard InChI is InChI=1S/C14H20ClNO2S/c1-12-3-5-13(6-4-12)11-16(14-7-8-14)19(17,18)10-2-9-15/h3-6,14H,2,7-11H2,1H3. The Bertz CT molecular complexity index is 509. The summed E-state index contributed by atoms with van der Waals surface area (Å²) in [4.78, 5) is 0. The Hall–Kier alpha value is -0.580. The number of hydrogen-bond acceptors (Lipinski definition) is 2. The van der Waals surface area contributed by atoms with Gasteiger partial charge < -0.3 is 0 Å². The predicted molar refractivity (Wildman–Crippen MR) is 78.9 cm³/mol. The van der Waals surface area contributed by atoms with Crippen LogP contribution in [-0.2, 0) is 16.6 Å². The molecule has 0 saturated heterocycles. The molecule has 0 aliphatic heterocycles. The lowest BCUT2D eigenvalue weighted by molar-refractivity contribution is 0.398. The molecule has 3 nitrogen and oxygen atoms in total. The van der Waals surface area contributed by atoms with Crippen molar-refractivity contribution in [3.05, 3.63) is 35.4 Å². The minimum Gasteiger partial charge on any atom is -0.212 e. The molecule has 106 valence electrons. The zero-order chi connectivity index (χ0) is 13.9.